The Hall–Kier alpha value is -1.10. The molecule has 2 atom stereocenters. The molecule has 1 N–H and O–H groups in total. The fraction of sp³-hybridized carbons (Fsp3) is 0.846. The zero-order valence-corrected chi connectivity index (χ0v) is 11.0. The molecular formula is C13H22N2O3. The molecule has 2 heterocycles. The molecule has 5 nitrogen and oxygen atoms in total. The third-order valence-corrected chi connectivity index (χ3v) is 3.91. The molecular weight excluding hydrogens is 232 g/mol. The van der Waals surface area contributed by atoms with Gasteiger partial charge in [0.25, 0.3) is 0 Å². The Morgan fingerprint density at radius 1 is 1.22 bits per heavy atom. The maximum atomic E-state index is 12.5. The second kappa shape index (κ2) is 6.18. The number of rotatable bonds is 2. The van der Waals surface area contributed by atoms with Crippen LogP contribution >= 0.6 is 0 Å². The van der Waals surface area contributed by atoms with E-state index in [2.05, 4.69) is 5.32 Å². The van der Waals surface area contributed by atoms with Crippen LogP contribution in [0.1, 0.15) is 32.1 Å². The Bertz CT molecular complexity index is 313. The van der Waals surface area contributed by atoms with Gasteiger partial charge in [-0.25, -0.2) is 4.79 Å². The quantitative estimate of drug-likeness (QED) is 0.731. The Morgan fingerprint density at radius 2 is 2.06 bits per heavy atom. The number of esters is 1. The average Bonchev–Trinajstić information content (AvgIpc) is 2.46. The van der Waals surface area contributed by atoms with Crippen molar-refractivity contribution in [2.24, 2.45) is 5.92 Å². The molecule has 0 saturated carbocycles. The van der Waals surface area contributed by atoms with Crippen molar-refractivity contribution in [3.8, 4) is 0 Å². The van der Waals surface area contributed by atoms with Crippen LogP contribution in [0.25, 0.3) is 0 Å². The number of likely N-dealkylation sites (tertiary alicyclic amines) is 1. The number of ether oxygens (including phenoxy) is 1. The lowest BCUT2D eigenvalue weighted by molar-refractivity contribution is -0.156. The van der Waals surface area contributed by atoms with Crippen LogP contribution in [0.4, 0.5) is 0 Å². The van der Waals surface area contributed by atoms with E-state index in [9.17, 15) is 9.59 Å². The monoisotopic (exact) mass is 254 g/mol. The molecule has 2 saturated heterocycles. The molecule has 0 spiro atoms. The zero-order chi connectivity index (χ0) is 13.0. The van der Waals surface area contributed by atoms with Gasteiger partial charge in [0.1, 0.15) is 6.04 Å². The molecule has 2 aliphatic rings. The minimum Gasteiger partial charge on any atom is -0.467 e. The van der Waals surface area contributed by atoms with Crippen molar-refractivity contribution in [3.63, 3.8) is 0 Å². The summed E-state index contributed by atoms with van der Waals surface area (Å²) in [4.78, 5) is 25.9. The van der Waals surface area contributed by atoms with Gasteiger partial charge in [0.2, 0.25) is 5.91 Å². The minimum atomic E-state index is -0.363. The largest absolute Gasteiger partial charge is 0.467 e. The van der Waals surface area contributed by atoms with Crippen LogP contribution in [0.2, 0.25) is 0 Å². The summed E-state index contributed by atoms with van der Waals surface area (Å²) in [5, 5.41) is 3.25. The van der Waals surface area contributed by atoms with Crippen LogP contribution in [0.3, 0.4) is 0 Å². The maximum Gasteiger partial charge on any atom is 0.328 e. The van der Waals surface area contributed by atoms with Crippen LogP contribution in [0, 0.1) is 5.92 Å². The first-order valence-electron chi connectivity index (χ1n) is 6.83. The van der Waals surface area contributed by atoms with Gasteiger partial charge in [-0.1, -0.05) is 0 Å². The van der Waals surface area contributed by atoms with Gasteiger partial charge in [-0.15, -0.1) is 0 Å². The Labute approximate surface area is 108 Å². The number of carbonyl (C=O) groups is 2. The minimum absolute atomic E-state index is 0.0315. The molecule has 102 valence electrons. The standard InChI is InChI=1S/C13H22N2O3/c1-18-13(17)11-6-2-3-8-15(11)12(16)10-5-4-7-14-9-10/h10-11,14H,2-9H2,1H3/t10-,11?/m1/s1. The Balaban J connectivity index is 2.03. The lowest BCUT2D eigenvalue weighted by Crippen LogP contribution is -2.52. The predicted octanol–water partition coefficient (Wildman–Crippen LogP) is 0.540. The molecule has 18 heavy (non-hydrogen) atoms. The van der Waals surface area contributed by atoms with E-state index >= 15 is 0 Å². The van der Waals surface area contributed by atoms with E-state index < -0.39 is 0 Å². The summed E-state index contributed by atoms with van der Waals surface area (Å²) in [6, 6.07) is -0.363. The highest BCUT2D eigenvalue weighted by atomic mass is 16.5. The van der Waals surface area contributed by atoms with E-state index in [-0.39, 0.29) is 23.8 Å². The number of nitrogens with zero attached hydrogens (tertiary/aromatic N) is 1. The number of hydrogen-bond acceptors (Lipinski definition) is 4. The van der Waals surface area contributed by atoms with Crippen molar-refractivity contribution in [2.75, 3.05) is 26.7 Å². The molecule has 0 aliphatic carbocycles. The summed E-state index contributed by atoms with van der Waals surface area (Å²) in [7, 11) is 1.39. The number of hydrogen-bond donors (Lipinski definition) is 1. The predicted molar refractivity (Wildman–Crippen MR) is 67.0 cm³/mol. The summed E-state index contributed by atoms with van der Waals surface area (Å²) < 4.78 is 4.81. The lowest BCUT2D eigenvalue weighted by Gasteiger charge is -2.37. The summed E-state index contributed by atoms with van der Waals surface area (Å²) in [5.74, 6) is -0.117. The topological polar surface area (TPSA) is 58.6 Å². The Morgan fingerprint density at radius 3 is 2.72 bits per heavy atom. The van der Waals surface area contributed by atoms with E-state index in [1.807, 2.05) is 0 Å². The first-order valence-corrected chi connectivity index (χ1v) is 6.83. The van der Waals surface area contributed by atoms with E-state index in [4.69, 9.17) is 4.74 Å². The second-order valence-electron chi connectivity index (χ2n) is 5.11. The van der Waals surface area contributed by atoms with E-state index in [0.717, 1.165) is 45.2 Å². The van der Waals surface area contributed by atoms with Gasteiger partial charge in [0.15, 0.2) is 0 Å². The fourth-order valence-electron chi connectivity index (χ4n) is 2.87. The highest BCUT2D eigenvalue weighted by Gasteiger charge is 2.36. The summed E-state index contributed by atoms with van der Waals surface area (Å²) >= 11 is 0. The maximum absolute atomic E-state index is 12.5. The van der Waals surface area contributed by atoms with Crippen molar-refractivity contribution >= 4 is 11.9 Å². The summed E-state index contributed by atoms with van der Waals surface area (Å²) in [5.41, 5.74) is 0. The fourth-order valence-corrected chi connectivity index (χ4v) is 2.87. The Kier molecular flexibility index (Phi) is 4.58. The molecule has 2 aliphatic heterocycles. The summed E-state index contributed by atoms with van der Waals surface area (Å²) in [6.45, 7) is 2.42. The van der Waals surface area contributed by atoms with Gasteiger partial charge in [-0.3, -0.25) is 4.79 Å². The molecule has 1 amide bonds. The van der Waals surface area contributed by atoms with Gasteiger partial charge in [-0.2, -0.15) is 0 Å². The summed E-state index contributed by atoms with van der Waals surface area (Å²) in [6.07, 6.45) is 4.67. The van der Waals surface area contributed by atoms with Gasteiger partial charge in [0, 0.05) is 13.1 Å². The third-order valence-electron chi connectivity index (χ3n) is 3.91. The van der Waals surface area contributed by atoms with Gasteiger partial charge >= 0.3 is 5.97 Å². The van der Waals surface area contributed by atoms with Crippen LogP contribution < -0.4 is 5.32 Å². The molecule has 2 fully saturated rings. The molecule has 0 aromatic heterocycles. The van der Waals surface area contributed by atoms with Crippen LogP contribution in [0.15, 0.2) is 0 Å². The third kappa shape index (κ3) is 2.83. The van der Waals surface area contributed by atoms with Crippen LogP contribution in [-0.4, -0.2) is 49.6 Å². The molecule has 0 aromatic rings. The first-order chi connectivity index (χ1) is 8.74. The van der Waals surface area contributed by atoms with Crippen LogP contribution in [0.5, 0.6) is 0 Å². The SMILES string of the molecule is COC(=O)C1CCCCN1C(=O)[C@@H]1CCCNC1. The first kappa shape index (κ1) is 13.3. The smallest absolute Gasteiger partial charge is 0.328 e. The van der Waals surface area contributed by atoms with Crippen molar-refractivity contribution in [3.05, 3.63) is 0 Å². The van der Waals surface area contributed by atoms with E-state index in [0.29, 0.717) is 6.54 Å². The zero-order valence-electron chi connectivity index (χ0n) is 11.0. The number of amides is 1. The van der Waals surface area contributed by atoms with Gasteiger partial charge in [0.05, 0.1) is 13.0 Å². The van der Waals surface area contributed by atoms with Crippen molar-refractivity contribution in [1.82, 2.24) is 10.2 Å². The number of carbonyl (C=O) groups excluding carboxylic acids is 2. The molecule has 5 heteroatoms. The van der Waals surface area contributed by atoms with Crippen LogP contribution in [-0.2, 0) is 14.3 Å². The molecule has 2 rings (SSSR count). The highest BCUT2D eigenvalue weighted by molar-refractivity contribution is 5.86. The van der Waals surface area contributed by atoms with Crippen molar-refractivity contribution < 1.29 is 14.3 Å². The lowest BCUT2D eigenvalue weighted by atomic mass is 9.94. The van der Waals surface area contributed by atoms with Gasteiger partial charge < -0.3 is 15.0 Å². The average molecular weight is 254 g/mol. The number of piperidine rings is 2. The van der Waals surface area contributed by atoms with Crippen molar-refractivity contribution in [1.29, 1.82) is 0 Å². The molecule has 0 bridgehead atoms. The molecule has 1 unspecified atom stereocenters. The van der Waals surface area contributed by atoms with Gasteiger partial charge in [-0.05, 0) is 38.6 Å². The second-order valence-corrected chi connectivity index (χ2v) is 5.11. The van der Waals surface area contributed by atoms with E-state index in [1.165, 1.54) is 7.11 Å². The van der Waals surface area contributed by atoms with E-state index in [1.54, 1.807) is 4.90 Å². The number of methoxy groups -OCH3 is 1. The normalized spacial score (nSPS) is 28.8. The molecule has 0 radical (unpaired) electrons. The number of nitrogens with one attached hydrogen (secondary N) is 1. The molecule has 0 aromatic carbocycles. The highest BCUT2D eigenvalue weighted by Crippen LogP contribution is 2.22. The van der Waals surface area contributed by atoms with Crippen molar-refractivity contribution in [2.45, 2.75) is 38.1 Å².